The first kappa shape index (κ1) is 21.8. The molecular weight excluding hydrogens is 385 g/mol. The quantitative estimate of drug-likeness (QED) is 0.758. The van der Waals surface area contributed by atoms with E-state index in [2.05, 4.69) is 10.2 Å². The minimum Gasteiger partial charge on any atom is -0.484 e. The van der Waals surface area contributed by atoms with Crippen molar-refractivity contribution >= 4 is 11.8 Å². The van der Waals surface area contributed by atoms with Crippen molar-refractivity contribution in [1.29, 1.82) is 0 Å². The Labute approximate surface area is 176 Å². The van der Waals surface area contributed by atoms with Crippen molar-refractivity contribution in [3.05, 3.63) is 66.0 Å². The van der Waals surface area contributed by atoms with Crippen molar-refractivity contribution in [3.63, 3.8) is 0 Å². The molecule has 2 amide bonds. The van der Waals surface area contributed by atoms with Gasteiger partial charge in [0.05, 0.1) is 0 Å². The normalized spacial score (nSPS) is 15.9. The molecule has 0 saturated carbocycles. The van der Waals surface area contributed by atoms with E-state index in [9.17, 15) is 14.0 Å². The number of carbonyl (C=O) groups excluding carboxylic acids is 2. The SMILES string of the molecule is CC(NC(=O)COc1ccccc1)C(=O)N1CCCN(Cc2ccc(F)cc2)CC1. The van der Waals surface area contributed by atoms with E-state index in [4.69, 9.17) is 4.74 Å². The van der Waals surface area contributed by atoms with Crippen LogP contribution in [0.1, 0.15) is 18.9 Å². The van der Waals surface area contributed by atoms with Crippen LogP contribution in [0.4, 0.5) is 4.39 Å². The molecule has 3 rings (SSSR count). The van der Waals surface area contributed by atoms with Gasteiger partial charge >= 0.3 is 0 Å². The molecule has 30 heavy (non-hydrogen) atoms. The van der Waals surface area contributed by atoms with Crippen molar-refractivity contribution in [3.8, 4) is 5.75 Å². The Balaban J connectivity index is 1.44. The predicted octanol–water partition coefficient (Wildman–Crippen LogP) is 2.44. The zero-order valence-electron chi connectivity index (χ0n) is 17.2. The van der Waals surface area contributed by atoms with Crippen LogP contribution in [0.2, 0.25) is 0 Å². The third-order valence-corrected chi connectivity index (χ3v) is 5.08. The van der Waals surface area contributed by atoms with E-state index in [1.807, 2.05) is 18.2 Å². The molecule has 1 aliphatic rings. The van der Waals surface area contributed by atoms with Gasteiger partial charge in [-0.3, -0.25) is 14.5 Å². The molecule has 160 valence electrons. The van der Waals surface area contributed by atoms with Crippen molar-refractivity contribution < 1.29 is 18.7 Å². The number of hydrogen-bond donors (Lipinski definition) is 1. The van der Waals surface area contributed by atoms with Gasteiger partial charge in [0.25, 0.3) is 5.91 Å². The minimum atomic E-state index is -0.611. The number of halogens is 1. The lowest BCUT2D eigenvalue weighted by Gasteiger charge is -2.25. The number of hydrogen-bond acceptors (Lipinski definition) is 4. The molecule has 0 spiro atoms. The Bertz CT molecular complexity index is 829. The van der Waals surface area contributed by atoms with E-state index in [0.29, 0.717) is 18.8 Å². The molecule has 2 aromatic carbocycles. The second kappa shape index (κ2) is 10.7. The number of benzene rings is 2. The van der Waals surface area contributed by atoms with Crippen LogP contribution in [-0.2, 0) is 16.1 Å². The van der Waals surface area contributed by atoms with E-state index in [0.717, 1.165) is 31.6 Å². The molecule has 6 nitrogen and oxygen atoms in total. The molecule has 0 aliphatic carbocycles. The Morgan fingerprint density at radius 1 is 1.03 bits per heavy atom. The van der Waals surface area contributed by atoms with E-state index in [-0.39, 0.29) is 24.2 Å². The number of nitrogens with one attached hydrogen (secondary N) is 1. The Morgan fingerprint density at radius 3 is 2.50 bits per heavy atom. The molecular formula is C23H28FN3O3. The highest BCUT2D eigenvalue weighted by molar-refractivity contribution is 5.87. The summed E-state index contributed by atoms with van der Waals surface area (Å²) in [5.41, 5.74) is 1.05. The Morgan fingerprint density at radius 2 is 1.77 bits per heavy atom. The predicted molar refractivity (Wildman–Crippen MR) is 112 cm³/mol. The molecule has 1 aliphatic heterocycles. The van der Waals surface area contributed by atoms with Gasteiger partial charge in [-0.05, 0) is 43.2 Å². The summed E-state index contributed by atoms with van der Waals surface area (Å²) in [5.74, 6) is -0.0452. The van der Waals surface area contributed by atoms with Gasteiger partial charge in [0, 0.05) is 32.7 Å². The highest BCUT2D eigenvalue weighted by atomic mass is 19.1. The number of rotatable bonds is 7. The van der Waals surface area contributed by atoms with Crippen LogP contribution in [0.15, 0.2) is 54.6 Å². The van der Waals surface area contributed by atoms with E-state index < -0.39 is 6.04 Å². The number of ether oxygens (including phenoxy) is 1. The summed E-state index contributed by atoms with van der Waals surface area (Å²) in [6, 6.07) is 15.0. The first-order valence-corrected chi connectivity index (χ1v) is 10.2. The first-order valence-electron chi connectivity index (χ1n) is 10.2. The second-order valence-corrected chi connectivity index (χ2v) is 7.47. The average molecular weight is 413 g/mol. The van der Waals surface area contributed by atoms with Crippen molar-refractivity contribution in [2.24, 2.45) is 0 Å². The summed E-state index contributed by atoms with van der Waals surface area (Å²) in [7, 11) is 0. The molecule has 0 aromatic heterocycles. The highest BCUT2D eigenvalue weighted by Gasteiger charge is 2.24. The van der Waals surface area contributed by atoms with E-state index in [1.165, 1.54) is 12.1 Å². The summed E-state index contributed by atoms with van der Waals surface area (Å²) in [6.07, 6.45) is 0.852. The van der Waals surface area contributed by atoms with Gasteiger partial charge in [-0.2, -0.15) is 0 Å². The highest BCUT2D eigenvalue weighted by Crippen LogP contribution is 2.11. The van der Waals surface area contributed by atoms with Crippen LogP contribution in [-0.4, -0.2) is 60.4 Å². The van der Waals surface area contributed by atoms with E-state index >= 15 is 0 Å². The van der Waals surface area contributed by atoms with Crippen LogP contribution in [0.5, 0.6) is 5.75 Å². The van der Waals surface area contributed by atoms with Gasteiger partial charge in [0.1, 0.15) is 17.6 Å². The van der Waals surface area contributed by atoms with Crippen LogP contribution < -0.4 is 10.1 Å². The Kier molecular flexibility index (Phi) is 7.79. The summed E-state index contributed by atoms with van der Waals surface area (Å²) >= 11 is 0. The monoisotopic (exact) mass is 413 g/mol. The van der Waals surface area contributed by atoms with Crippen LogP contribution in [0.25, 0.3) is 0 Å². The summed E-state index contributed by atoms with van der Waals surface area (Å²) in [5, 5.41) is 2.72. The molecule has 0 bridgehead atoms. The maximum atomic E-state index is 13.1. The van der Waals surface area contributed by atoms with Gasteiger partial charge in [0.15, 0.2) is 6.61 Å². The van der Waals surface area contributed by atoms with Gasteiger partial charge in [0.2, 0.25) is 5.91 Å². The molecule has 1 fully saturated rings. The van der Waals surface area contributed by atoms with Gasteiger partial charge in [-0.25, -0.2) is 4.39 Å². The third kappa shape index (κ3) is 6.56. The van der Waals surface area contributed by atoms with Crippen LogP contribution >= 0.6 is 0 Å². The maximum absolute atomic E-state index is 13.1. The van der Waals surface area contributed by atoms with Crippen molar-refractivity contribution in [2.75, 3.05) is 32.8 Å². The lowest BCUT2D eigenvalue weighted by molar-refractivity contribution is -0.136. The molecule has 7 heteroatoms. The molecule has 1 unspecified atom stereocenters. The first-order chi connectivity index (χ1) is 14.5. The molecule has 0 radical (unpaired) electrons. The molecule has 2 aromatic rings. The van der Waals surface area contributed by atoms with Crippen LogP contribution in [0, 0.1) is 5.82 Å². The maximum Gasteiger partial charge on any atom is 0.258 e. The lowest BCUT2D eigenvalue weighted by atomic mass is 10.2. The summed E-state index contributed by atoms with van der Waals surface area (Å²) in [6.45, 7) is 5.15. The zero-order chi connectivity index (χ0) is 21.3. The fourth-order valence-electron chi connectivity index (χ4n) is 3.48. The van der Waals surface area contributed by atoms with Crippen molar-refractivity contribution in [2.45, 2.75) is 25.9 Å². The van der Waals surface area contributed by atoms with Crippen LogP contribution in [0.3, 0.4) is 0 Å². The standard InChI is InChI=1S/C23H28FN3O3/c1-18(25-22(28)17-30-21-6-3-2-4-7-21)23(29)27-13-5-12-26(14-15-27)16-19-8-10-20(24)11-9-19/h2-4,6-11,18H,5,12-17H2,1H3,(H,25,28). The third-order valence-electron chi connectivity index (χ3n) is 5.08. The van der Waals surface area contributed by atoms with Gasteiger partial charge in [-0.1, -0.05) is 30.3 Å². The minimum absolute atomic E-state index is 0.0910. The topological polar surface area (TPSA) is 61.9 Å². The Hall–Kier alpha value is -2.93. The molecule has 1 N–H and O–H groups in total. The molecule has 1 saturated heterocycles. The second-order valence-electron chi connectivity index (χ2n) is 7.47. The average Bonchev–Trinajstić information content (AvgIpc) is 2.99. The lowest BCUT2D eigenvalue weighted by Crippen LogP contribution is -2.49. The zero-order valence-corrected chi connectivity index (χ0v) is 17.2. The van der Waals surface area contributed by atoms with Gasteiger partial charge < -0.3 is 15.0 Å². The molecule has 1 heterocycles. The summed E-state index contributed by atoms with van der Waals surface area (Å²) < 4.78 is 18.5. The number of carbonyl (C=O) groups is 2. The number of nitrogens with zero attached hydrogens (tertiary/aromatic N) is 2. The van der Waals surface area contributed by atoms with Gasteiger partial charge in [-0.15, -0.1) is 0 Å². The fourth-order valence-corrected chi connectivity index (χ4v) is 3.48. The van der Waals surface area contributed by atoms with Crippen molar-refractivity contribution in [1.82, 2.24) is 15.1 Å². The number of para-hydroxylation sites is 1. The summed E-state index contributed by atoms with van der Waals surface area (Å²) in [4.78, 5) is 29.0. The smallest absolute Gasteiger partial charge is 0.258 e. The largest absolute Gasteiger partial charge is 0.484 e. The fraction of sp³-hybridized carbons (Fsp3) is 0.391. The number of amides is 2. The van der Waals surface area contributed by atoms with E-state index in [1.54, 1.807) is 36.1 Å². The molecule has 1 atom stereocenters.